The second-order valence-electron chi connectivity index (χ2n) is 4.28. The van der Waals surface area contributed by atoms with Crippen LogP contribution in [0.15, 0.2) is 6.20 Å². The summed E-state index contributed by atoms with van der Waals surface area (Å²) in [5, 5.41) is 11.7. The van der Waals surface area contributed by atoms with Crippen LogP contribution < -0.4 is 10.2 Å². The first-order valence-electron chi connectivity index (χ1n) is 5.91. The highest BCUT2D eigenvalue weighted by atomic mass is 15.3. The van der Waals surface area contributed by atoms with Crippen LogP contribution in [0.3, 0.4) is 0 Å². The highest BCUT2D eigenvalue weighted by Crippen LogP contribution is 2.32. The molecule has 0 unspecified atom stereocenters. The fourth-order valence-electron chi connectivity index (χ4n) is 1.86. The van der Waals surface area contributed by atoms with Gasteiger partial charge in [-0.15, -0.1) is 0 Å². The number of nitrogens with zero attached hydrogens (tertiary/aromatic N) is 4. The van der Waals surface area contributed by atoms with Gasteiger partial charge < -0.3 is 10.2 Å². The quantitative estimate of drug-likeness (QED) is 0.835. The van der Waals surface area contributed by atoms with Gasteiger partial charge in [-0.2, -0.15) is 10.2 Å². The largest absolute Gasteiger partial charge is 0.357 e. The number of nitrogens with one attached hydrogen (secondary N) is 1. The Morgan fingerprint density at radius 1 is 1.59 bits per heavy atom. The first-order chi connectivity index (χ1) is 8.26. The fourth-order valence-corrected chi connectivity index (χ4v) is 1.86. The summed E-state index contributed by atoms with van der Waals surface area (Å²) in [6.45, 7) is 2.76. The molecular formula is C12H17N5. The van der Waals surface area contributed by atoms with Crippen molar-refractivity contribution >= 4 is 11.8 Å². The Kier molecular flexibility index (Phi) is 3.43. The molecule has 5 heteroatoms. The second-order valence-corrected chi connectivity index (χ2v) is 4.28. The smallest absolute Gasteiger partial charge is 0.224 e. The number of anilines is 2. The zero-order chi connectivity index (χ0) is 12.3. The number of aromatic nitrogens is 2. The Morgan fingerprint density at radius 3 is 2.94 bits per heavy atom. The average molecular weight is 231 g/mol. The number of hydrogen-bond acceptors (Lipinski definition) is 5. The molecule has 0 amide bonds. The second kappa shape index (κ2) is 5.00. The molecule has 0 saturated heterocycles. The van der Waals surface area contributed by atoms with E-state index in [1.54, 1.807) is 0 Å². The normalized spacial score (nSPS) is 14.2. The lowest BCUT2D eigenvalue weighted by atomic mass is 10.3. The molecule has 1 N–H and O–H groups in total. The third-order valence-electron chi connectivity index (χ3n) is 2.89. The zero-order valence-electron chi connectivity index (χ0n) is 10.3. The van der Waals surface area contributed by atoms with Crippen LogP contribution in [0, 0.1) is 18.3 Å². The molecular weight excluding hydrogens is 214 g/mol. The number of rotatable bonds is 5. The molecule has 0 atom stereocenters. The van der Waals surface area contributed by atoms with E-state index in [0.717, 1.165) is 17.9 Å². The first kappa shape index (κ1) is 11.6. The van der Waals surface area contributed by atoms with Crippen molar-refractivity contribution in [1.82, 2.24) is 9.97 Å². The van der Waals surface area contributed by atoms with Gasteiger partial charge in [-0.1, -0.05) is 0 Å². The molecule has 5 nitrogen and oxygen atoms in total. The predicted molar refractivity (Wildman–Crippen MR) is 66.9 cm³/mol. The van der Waals surface area contributed by atoms with E-state index in [1.807, 2.05) is 20.2 Å². The SMILES string of the molecule is CNc1ncc(C)c(N(CCC#N)C2CC2)n1. The van der Waals surface area contributed by atoms with E-state index in [0.29, 0.717) is 18.4 Å². The first-order valence-corrected chi connectivity index (χ1v) is 5.91. The topological polar surface area (TPSA) is 64.8 Å². The van der Waals surface area contributed by atoms with Gasteiger partial charge >= 0.3 is 0 Å². The molecule has 90 valence electrons. The maximum Gasteiger partial charge on any atom is 0.224 e. The molecule has 1 aromatic heterocycles. The molecule has 0 radical (unpaired) electrons. The van der Waals surface area contributed by atoms with Crippen LogP contribution in [0.1, 0.15) is 24.8 Å². The van der Waals surface area contributed by atoms with E-state index in [4.69, 9.17) is 5.26 Å². The lowest BCUT2D eigenvalue weighted by Gasteiger charge is -2.24. The third kappa shape index (κ3) is 2.64. The Hall–Kier alpha value is -1.83. The van der Waals surface area contributed by atoms with Crippen molar-refractivity contribution in [2.75, 3.05) is 23.8 Å². The van der Waals surface area contributed by atoms with Crippen molar-refractivity contribution in [3.05, 3.63) is 11.8 Å². The average Bonchev–Trinajstić information content (AvgIpc) is 3.16. The summed E-state index contributed by atoms with van der Waals surface area (Å²) in [6.07, 6.45) is 4.76. The maximum atomic E-state index is 8.71. The van der Waals surface area contributed by atoms with Crippen LogP contribution >= 0.6 is 0 Å². The molecule has 1 fully saturated rings. The van der Waals surface area contributed by atoms with Gasteiger partial charge in [0.25, 0.3) is 0 Å². The minimum absolute atomic E-state index is 0.537. The van der Waals surface area contributed by atoms with Gasteiger partial charge in [0.1, 0.15) is 5.82 Å². The van der Waals surface area contributed by atoms with E-state index in [2.05, 4.69) is 26.3 Å². The summed E-state index contributed by atoms with van der Waals surface area (Å²) in [5.74, 6) is 1.59. The van der Waals surface area contributed by atoms with Gasteiger partial charge in [0.05, 0.1) is 12.5 Å². The molecule has 1 heterocycles. The molecule has 1 aromatic rings. The van der Waals surface area contributed by atoms with Crippen LogP contribution in [0.25, 0.3) is 0 Å². The van der Waals surface area contributed by atoms with E-state index in [9.17, 15) is 0 Å². The lowest BCUT2D eigenvalue weighted by molar-refractivity contribution is 0.772. The van der Waals surface area contributed by atoms with Gasteiger partial charge in [0, 0.05) is 31.4 Å². The summed E-state index contributed by atoms with van der Waals surface area (Å²) in [5.41, 5.74) is 1.06. The lowest BCUT2D eigenvalue weighted by Crippen LogP contribution is -2.28. The van der Waals surface area contributed by atoms with Gasteiger partial charge in [0.2, 0.25) is 5.95 Å². The predicted octanol–water partition coefficient (Wildman–Crippen LogP) is 1.71. The summed E-state index contributed by atoms with van der Waals surface area (Å²) >= 11 is 0. The van der Waals surface area contributed by atoms with Crippen molar-refractivity contribution < 1.29 is 0 Å². The molecule has 1 saturated carbocycles. The molecule has 2 rings (SSSR count). The number of nitriles is 1. The summed E-state index contributed by atoms with van der Waals surface area (Å²) in [7, 11) is 1.81. The number of aryl methyl sites for hydroxylation is 1. The Labute approximate surface area is 101 Å². The molecule has 0 bridgehead atoms. The van der Waals surface area contributed by atoms with Crippen molar-refractivity contribution in [2.24, 2.45) is 0 Å². The van der Waals surface area contributed by atoms with E-state index in [-0.39, 0.29) is 0 Å². The van der Waals surface area contributed by atoms with Crippen LogP contribution in [-0.4, -0.2) is 29.6 Å². The maximum absolute atomic E-state index is 8.71. The molecule has 0 spiro atoms. The van der Waals surface area contributed by atoms with Gasteiger partial charge in [0.15, 0.2) is 0 Å². The van der Waals surface area contributed by atoms with E-state index in [1.165, 1.54) is 12.8 Å². The van der Waals surface area contributed by atoms with Crippen molar-refractivity contribution in [3.63, 3.8) is 0 Å². The van der Waals surface area contributed by atoms with Crippen LogP contribution in [0.5, 0.6) is 0 Å². The summed E-state index contributed by atoms with van der Waals surface area (Å²) in [4.78, 5) is 10.9. The van der Waals surface area contributed by atoms with Crippen molar-refractivity contribution in [3.8, 4) is 6.07 Å². The van der Waals surface area contributed by atoms with E-state index < -0.39 is 0 Å². The van der Waals surface area contributed by atoms with Crippen molar-refractivity contribution in [1.29, 1.82) is 5.26 Å². The third-order valence-corrected chi connectivity index (χ3v) is 2.89. The minimum atomic E-state index is 0.537. The van der Waals surface area contributed by atoms with Crippen LogP contribution in [-0.2, 0) is 0 Å². The molecule has 0 aliphatic heterocycles. The molecule has 0 aromatic carbocycles. The summed E-state index contributed by atoms with van der Waals surface area (Å²) < 4.78 is 0. The van der Waals surface area contributed by atoms with Gasteiger partial charge in [-0.25, -0.2) is 4.98 Å². The zero-order valence-corrected chi connectivity index (χ0v) is 10.3. The summed E-state index contributed by atoms with van der Waals surface area (Å²) in [6, 6.07) is 2.76. The van der Waals surface area contributed by atoms with Crippen LogP contribution in [0.2, 0.25) is 0 Å². The van der Waals surface area contributed by atoms with Crippen molar-refractivity contribution in [2.45, 2.75) is 32.2 Å². The molecule has 1 aliphatic carbocycles. The van der Waals surface area contributed by atoms with E-state index >= 15 is 0 Å². The highest BCUT2D eigenvalue weighted by Gasteiger charge is 2.30. The van der Waals surface area contributed by atoms with Crippen LogP contribution in [0.4, 0.5) is 11.8 Å². The number of hydrogen-bond donors (Lipinski definition) is 1. The Morgan fingerprint density at radius 2 is 2.35 bits per heavy atom. The highest BCUT2D eigenvalue weighted by molar-refractivity contribution is 5.50. The monoisotopic (exact) mass is 231 g/mol. The van der Waals surface area contributed by atoms with Gasteiger partial charge in [-0.05, 0) is 19.8 Å². The molecule has 1 aliphatic rings. The fraction of sp³-hybridized carbons (Fsp3) is 0.583. The minimum Gasteiger partial charge on any atom is -0.357 e. The Bertz CT molecular complexity index is 433. The van der Waals surface area contributed by atoms with Gasteiger partial charge in [-0.3, -0.25) is 0 Å². The molecule has 17 heavy (non-hydrogen) atoms. The standard InChI is InChI=1S/C12H17N5/c1-9-8-15-12(14-2)16-11(9)17(7-3-6-13)10-4-5-10/h8,10H,3-5,7H2,1-2H3,(H,14,15,16). The Balaban J connectivity index is 2.24.